The van der Waals surface area contributed by atoms with E-state index in [9.17, 15) is 4.79 Å². The minimum Gasteiger partial charge on any atom is -0.322 e. The van der Waals surface area contributed by atoms with Crippen LogP contribution >= 0.6 is 0 Å². The second-order valence-corrected chi connectivity index (χ2v) is 6.18. The average molecular weight is 283 g/mol. The highest BCUT2D eigenvalue weighted by Crippen LogP contribution is 2.27. The fraction of sp³-hybridized carbons (Fsp3) is 0.938. The second kappa shape index (κ2) is 7.41. The number of nitrogens with one attached hydrogen (secondary N) is 1. The van der Waals surface area contributed by atoms with Crippen molar-refractivity contribution >= 4 is 5.91 Å². The largest absolute Gasteiger partial charge is 0.322 e. The Kier molecular flexibility index (Phi) is 6.46. The van der Waals surface area contributed by atoms with Crippen LogP contribution in [-0.2, 0) is 4.79 Å². The van der Waals surface area contributed by atoms with Gasteiger partial charge in [-0.25, -0.2) is 0 Å². The molecule has 3 unspecified atom stereocenters. The van der Waals surface area contributed by atoms with Gasteiger partial charge in [0, 0.05) is 12.6 Å². The molecule has 4 heteroatoms. The molecule has 3 atom stereocenters. The molecule has 0 saturated carbocycles. The molecule has 1 saturated heterocycles. The van der Waals surface area contributed by atoms with Crippen molar-refractivity contribution in [2.24, 2.45) is 0 Å². The minimum absolute atomic E-state index is 0.197. The number of likely N-dealkylation sites (N-methyl/N-ethyl adjacent to an activating group) is 1. The molecule has 4 nitrogen and oxygen atoms in total. The average Bonchev–Trinajstić information content (AvgIpc) is 2.69. The second-order valence-electron chi connectivity index (χ2n) is 6.18. The third kappa shape index (κ3) is 3.53. The van der Waals surface area contributed by atoms with Crippen molar-refractivity contribution < 1.29 is 4.79 Å². The van der Waals surface area contributed by atoms with Crippen LogP contribution in [0.1, 0.15) is 60.8 Å². The van der Waals surface area contributed by atoms with Gasteiger partial charge in [-0.2, -0.15) is 0 Å². The lowest BCUT2D eigenvalue weighted by atomic mass is 9.99. The molecule has 0 aromatic rings. The van der Waals surface area contributed by atoms with E-state index in [2.05, 4.69) is 49.7 Å². The first kappa shape index (κ1) is 17.4. The summed E-state index contributed by atoms with van der Waals surface area (Å²) in [7, 11) is 0. The Hall–Kier alpha value is -0.610. The number of carbonyl (C=O) groups is 1. The van der Waals surface area contributed by atoms with Crippen LogP contribution in [0.15, 0.2) is 0 Å². The van der Waals surface area contributed by atoms with Crippen LogP contribution in [0.4, 0.5) is 0 Å². The van der Waals surface area contributed by atoms with E-state index in [1.54, 1.807) is 0 Å². The number of amides is 1. The highest BCUT2D eigenvalue weighted by atomic mass is 16.2. The maximum absolute atomic E-state index is 12.8. The van der Waals surface area contributed by atoms with Gasteiger partial charge < -0.3 is 9.80 Å². The lowest BCUT2D eigenvalue weighted by Gasteiger charge is -2.33. The highest BCUT2D eigenvalue weighted by Gasteiger charge is 2.47. The Morgan fingerprint density at radius 2 is 1.90 bits per heavy atom. The van der Waals surface area contributed by atoms with Crippen LogP contribution in [-0.4, -0.2) is 53.1 Å². The van der Waals surface area contributed by atoms with E-state index in [1.807, 2.05) is 6.92 Å². The van der Waals surface area contributed by atoms with Crippen molar-refractivity contribution in [2.45, 2.75) is 78.6 Å². The summed E-state index contributed by atoms with van der Waals surface area (Å²) in [5.41, 5.74) is -0.378. The van der Waals surface area contributed by atoms with Gasteiger partial charge in [0.25, 0.3) is 0 Å². The van der Waals surface area contributed by atoms with Crippen molar-refractivity contribution in [3.63, 3.8) is 0 Å². The Labute approximate surface area is 124 Å². The molecule has 1 rings (SSSR count). The maximum atomic E-state index is 12.8. The molecular weight excluding hydrogens is 250 g/mol. The number of hydrogen-bond acceptors (Lipinski definition) is 3. The van der Waals surface area contributed by atoms with Crippen molar-refractivity contribution in [1.29, 1.82) is 0 Å². The van der Waals surface area contributed by atoms with Gasteiger partial charge in [-0.05, 0) is 39.8 Å². The van der Waals surface area contributed by atoms with Crippen LogP contribution in [0, 0.1) is 0 Å². The molecule has 1 heterocycles. The zero-order valence-electron chi connectivity index (χ0n) is 14.2. The van der Waals surface area contributed by atoms with Gasteiger partial charge >= 0.3 is 0 Å². The van der Waals surface area contributed by atoms with Gasteiger partial charge in [0.15, 0.2) is 0 Å². The Bertz CT molecular complexity index is 317. The summed E-state index contributed by atoms with van der Waals surface area (Å²) in [6.45, 7) is 15.9. The quantitative estimate of drug-likeness (QED) is 0.743. The Balaban J connectivity index is 2.85. The van der Waals surface area contributed by atoms with E-state index < -0.39 is 0 Å². The number of carbonyl (C=O) groups excluding carboxylic acids is 1. The molecule has 0 radical (unpaired) electrons. The number of hydrogen-bond donors (Lipinski definition) is 1. The molecule has 1 amide bonds. The smallest absolute Gasteiger partial charge is 0.244 e. The predicted molar refractivity (Wildman–Crippen MR) is 84.6 cm³/mol. The van der Waals surface area contributed by atoms with Crippen molar-refractivity contribution in [2.75, 3.05) is 19.6 Å². The van der Waals surface area contributed by atoms with Gasteiger partial charge in [-0.15, -0.1) is 0 Å². The van der Waals surface area contributed by atoms with E-state index in [0.29, 0.717) is 0 Å². The van der Waals surface area contributed by atoms with Gasteiger partial charge in [-0.3, -0.25) is 10.1 Å². The van der Waals surface area contributed by atoms with Crippen LogP contribution < -0.4 is 5.32 Å². The first-order valence-electron chi connectivity index (χ1n) is 8.26. The summed E-state index contributed by atoms with van der Waals surface area (Å²) >= 11 is 0. The summed E-state index contributed by atoms with van der Waals surface area (Å²) in [4.78, 5) is 17.3. The van der Waals surface area contributed by atoms with E-state index in [-0.39, 0.29) is 23.7 Å². The Morgan fingerprint density at radius 3 is 2.35 bits per heavy atom. The maximum Gasteiger partial charge on any atom is 0.244 e. The van der Waals surface area contributed by atoms with Crippen LogP contribution in [0.3, 0.4) is 0 Å². The molecule has 20 heavy (non-hydrogen) atoms. The van der Waals surface area contributed by atoms with Crippen LogP contribution in [0.25, 0.3) is 0 Å². The van der Waals surface area contributed by atoms with Crippen LogP contribution in [0.5, 0.6) is 0 Å². The van der Waals surface area contributed by atoms with E-state index in [0.717, 1.165) is 38.9 Å². The lowest BCUT2D eigenvalue weighted by molar-refractivity contribution is -0.135. The molecular formula is C16H33N3O. The van der Waals surface area contributed by atoms with Gasteiger partial charge in [0.2, 0.25) is 5.91 Å². The van der Waals surface area contributed by atoms with Crippen molar-refractivity contribution in [3.05, 3.63) is 0 Å². The normalized spacial score (nSPS) is 28.4. The molecule has 0 aromatic heterocycles. The van der Waals surface area contributed by atoms with Gasteiger partial charge in [-0.1, -0.05) is 34.1 Å². The minimum atomic E-state index is -0.378. The van der Waals surface area contributed by atoms with Gasteiger partial charge in [0.1, 0.15) is 0 Å². The monoisotopic (exact) mass is 283 g/mol. The third-order valence-corrected chi connectivity index (χ3v) is 4.69. The topological polar surface area (TPSA) is 35.6 Å². The lowest BCUT2D eigenvalue weighted by Crippen LogP contribution is -2.48. The molecule has 0 aliphatic carbocycles. The number of nitrogens with zero attached hydrogens (tertiary/aromatic N) is 2. The molecule has 1 aliphatic heterocycles. The number of rotatable bonds is 8. The first-order chi connectivity index (χ1) is 9.43. The summed E-state index contributed by atoms with van der Waals surface area (Å²) in [6.07, 6.45) is 3.17. The Morgan fingerprint density at radius 1 is 1.30 bits per heavy atom. The van der Waals surface area contributed by atoms with Crippen molar-refractivity contribution in [1.82, 2.24) is 15.1 Å². The van der Waals surface area contributed by atoms with Crippen LogP contribution in [0.2, 0.25) is 0 Å². The first-order valence-corrected chi connectivity index (χ1v) is 8.26. The zero-order chi connectivity index (χ0) is 15.3. The molecule has 0 bridgehead atoms. The summed E-state index contributed by atoms with van der Waals surface area (Å²) < 4.78 is 0. The fourth-order valence-electron chi connectivity index (χ4n) is 3.11. The highest BCUT2D eigenvalue weighted by molar-refractivity contribution is 5.88. The fourth-order valence-corrected chi connectivity index (χ4v) is 3.11. The molecule has 1 N–H and O–H groups in total. The van der Waals surface area contributed by atoms with E-state index in [1.165, 1.54) is 0 Å². The van der Waals surface area contributed by atoms with E-state index >= 15 is 0 Å². The zero-order valence-corrected chi connectivity index (χ0v) is 14.2. The molecule has 1 aliphatic rings. The van der Waals surface area contributed by atoms with E-state index in [4.69, 9.17) is 0 Å². The standard InChI is InChI=1S/C16H33N3O/c1-7-11-14-17-16(6,8-2)15(20)19(14)13(5)12-18(9-3)10-4/h13-14,17H,7-12H2,1-6H3. The predicted octanol–water partition coefficient (Wildman–Crippen LogP) is 2.44. The molecule has 1 fully saturated rings. The molecule has 0 aromatic carbocycles. The summed E-state index contributed by atoms with van der Waals surface area (Å²) in [5.74, 6) is 0.276. The van der Waals surface area contributed by atoms with Gasteiger partial charge in [0.05, 0.1) is 11.7 Å². The summed E-state index contributed by atoms with van der Waals surface area (Å²) in [6, 6.07) is 0.264. The SMILES string of the molecule is CCCC1NC(C)(CC)C(=O)N1C(C)CN(CC)CC. The van der Waals surface area contributed by atoms with Crippen molar-refractivity contribution in [3.8, 4) is 0 Å². The molecule has 118 valence electrons. The molecule has 0 spiro atoms. The third-order valence-electron chi connectivity index (χ3n) is 4.69. The summed E-state index contributed by atoms with van der Waals surface area (Å²) in [5, 5.41) is 3.57.